The first-order chi connectivity index (χ1) is 10.5. The molecule has 0 aliphatic rings. The molecule has 2 amide bonds. The topological polar surface area (TPSA) is 50.4 Å². The van der Waals surface area contributed by atoms with Crippen LogP contribution in [0.15, 0.2) is 46.9 Å². The lowest BCUT2D eigenvalue weighted by molar-refractivity contribution is 0.247. The molecule has 0 heterocycles. The molecular formula is C15H13BrClFN2O2. The summed E-state index contributed by atoms with van der Waals surface area (Å²) in [6, 6.07) is 10.8. The van der Waals surface area contributed by atoms with Gasteiger partial charge in [-0.2, -0.15) is 0 Å². The number of carbonyl (C=O) groups excluding carboxylic acids is 1. The van der Waals surface area contributed by atoms with Crippen molar-refractivity contribution >= 4 is 39.2 Å². The molecule has 2 rings (SSSR count). The van der Waals surface area contributed by atoms with Crippen LogP contribution >= 0.6 is 27.5 Å². The summed E-state index contributed by atoms with van der Waals surface area (Å²) in [5.41, 5.74) is 0.675. The van der Waals surface area contributed by atoms with Gasteiger partial charge in [-0.15, -0.1) is 0 Å². The highest BCUT2D eigenvalue weighted by Crippen LogP contribution is 2.24. The molecule has 0 aliphatic carbocycles. The lowest BCUT2D eigenvalue weighted by Crippen LogP contribution is -2.32. The zero-order chi connectivity index (χ0) is 15.9. The fraction of sp³-hybridized carbons (Fsp3) is 0.133. The van der Waals surface area contributed by atoms with Gasteiger partial charge in [-0.25, -0.2) is 9.18 Å². The Labute approximate surface area is 140 Å². The number of rotatable bonds is 5. The minimum atomic E-state index is -0.427. The van der Waals surface area contributed by atoms with Crippen LogP contribution in [0.3, 0.4) is 0 Å². The van der Waals surface area contributed by atoms with E-state index in [0.717, 1.165) is 4.47 Å². The monoisotopic (exact) mass is 386 g/mol. The van der Waals surface area contributed by atoms with Crippen molar-refractivity contribution in [1.82, 2.24) is 5.32 Å². The maximum absolute atomic E-state index is 12.9. The molecule has 116 valence electrons. The number of anilines is 1. The summed E-state index contributed by atoms with van der Waals surface area (Å²) in [5, 5.41) is 5.53. The minimum Gasteiger partial charge on any atom is -0.490 e. The van der Waals surface area contributed by atoms with Gasteiger partial charge in [0.25, 0.3) is 0 Å². The van der Waals surface area contributed by atoms with Gasteiger partial charge in [0.1, 0.15) is 18.2 Å². The molecular weight excluding hydrogens is 375 g/mol. The summed E-state index contributed by atoms with van der Waals surface area (Å²) < 4.78 is 19.1. The molecule has 0 saturated heterocycles. The van der Waals surface area contributed by atoms with Crippen molar-refractivity contribution in [2.24, 2.45) is 0 Å². The van der Waals surface area contributed by atoms with Gasteiger partial charge >= 0.3 is 6.03 Å². The van der Waals surface area contributed by atoms with E-state index < -0.39 is 5.82 Å². The van der Waals surface area contributed by atoms with Crippen LogP contribution in [0.2, 0.25) is 5.02 Å². The molecule has 0 bridgehead atoms. The third-order valence-electron chi connectivity index (χ3n) is 2.62. The summed E-state index contributed by atoms with van der Waals surface area (Å²) in [6.07, 6.45) is 0. The number of urea groups is 1. The van der Waals surface area contributed by atoms with E-state index in [-0.39, 0.29) is 24.2 Å². The zero-order valence-corrected chi connectivity index (χ0v) is 13.7. The Morgan fingerprint density at radius 2 is 2.09 bits per heavy atom. The number of nitrogens with one attached hydrogen (secondary N) is 2. The van der Waals surface area contributed by atoms with Gasteiger partial charge in [-0.05, 0) is 36.4 Å². The largest absolute Gasteiger partial charge is 0.490 e. The number of halogens is 3. The molecule has 0 unspecified atom stereocenters. The van der Waals surface area contributed by atoms with Crippen LogP contribution in [0.4, 0.5) is 14.9 Å². The maximum Gasteiger partial charge on any atom is 0.319 e. The number of ether oxygens (including phenoxy) is 1. The van der Waals surface area contributed by atoms with E-state index in [1.807, 2.05) is 12.1 Å². The van der Waals surface area contributed by atoms with E-state index in [0.29, 0.717) is 11.4 Å². The Morgan fingerprint density at radius 1 is 1.27 bits per heavy atom. The third-order valence-corrected chi connectivity index (χ3v) is 3.41. The third kappa shape index (κ3) is 5.20. The molecule has 7 heteroatoms. The van der Waals surface area contributed by atoms with Crippen molar-refractivity contribution in [3.05, 3.63) is 57.8 Å². The van der Waals surface area contributed by atoms with Crippen molar-refractivity contribution in [2.75, 3.05) is 18.5 Å². The molecule has 4 nitrogen and oxygen atoms in total. The second-order valence-corrected chi connectivity index (χ2v) is 5.64. The summed E-state index contributed by atoms with van der Waals surface area (Å²) in [4.78, 5) is 11.7. The smallest absolute Gasteiger partial charge is 0.319 e. The molecule has 2 aromatic carbocycles. The van der Waals surface area contributed by atoms with Gasteiger partial charge in [0.05, 0.1) is 11.6 Å². The number of amides is 2. The van der Waals surface area contributed by atoms with Crippen molar-refractivity contribution in [3.8, 4) is 5.75 Å². The highest BCUT2D eigenvalue weighted by Gasteiger charge is 2.04. The lowest BCUT2D eigenvalue weighted by atomic mass is 10.3. The van der Waals surface area contributed by atoms with Crippen molar-refractivity contribution < 1.29 is 13.9 Å². The van der Waals surface area contributed by atoms with Crippen molar-refractivity contribution in [1.29, 1.82) is 0 Å². The first kappa shape index (κ1) is 16.6. The van der Waals surface area contributed by atoms with E-state index in [9.17, 15) is 9.18 Å². The van der Waals surface area contributed by atoms with Crippen molar-refractivity contribution in [2.45, 2.75) is 0 Å². The van der Waals surface area contributed by atoms with Crippen LogP contribution in [0, 0.1) is 5.82 Å². The molecule has 0 aromatic heterocycles. The maximum atomic E-state index is 12.9. The molecule has 0 saturated carbocycles. The van der Waals surface area contributed by atoms with Gasteiger partial charge in [0, 0.05) is 10.2 Å². The van der Waals surface area contributed by atoms with Crippen molar-refractivity contribution in [3.63, 3.8) is 0 Å². The first-order valence-corrected chi connectivity index (χ1v) is 7.60. The highest BCUT2D eigenvalue weighted by molar-refractivity contribution is 9.10. The van der Waals surface area contributed by atoms with Crippen LogP contribution < -0.4 is 15.4 Å². The zero-order valence-electron chi connectivity index (χ0n) is 11.4. The van der Waals surface area contributed by atoms with Crippen LogP contribution in [0.5, 0.6) is 5.75 Å². The average molecular weight is 388 g/mol. The molecule has 0 atom stereocenters. The Balaban J connectivity index is 1.73. The Kier molecular flexibility index (Phi) is 6.03. The van der Waals surface area contributed by atoms with Gasteiger partial charge in [0.15, 0.2) is 0 Å². The molecule has 22 heavy (non-hydrogen) atoms. The molecule has 0 spiro atoms. The average Bonchev–Trinajstić information content (AvgIpc) is 2.45. The van der Waals surface area contributed by atoms with Crippen LogP contribution in [-0.4, -0.2) is 19.2 Å². The molecule has 2 aromatic rings. The predicted octanol–water partition coefficient (Wildman–Crippen LogP) is 4.44. The van der Waals surface area contributed by atoms with E-state index >= 15 is 0 Å². The number of hydrogen-bond donors (Lipinski definition) is 2. The quantitative estimate of drug-likeness (QED) is 0.745. The molecule has 0 fully saturated rings. The number of benzene rings is 2. The van der Waals surface area contributed by atoms with E-state index in [1.165, 1.54) is 18.2 Å². The van der Waals surface area contributed by atoms with E-state index in [4.69, 9.17) is 16.3 Å². The Bertz CT molecular complexity index is 670. The SMILES string of the molecule is O=C(NCCOc1ccc(F)cc1Cl)Nc1cccc(Br)c1. The van der Waals surface area contributed by atoms with Gasteiger partial charge in [-0.1, -0.05) is 33.6 Å². The second kappa shape index (κ2) is 8.00. The minimum absolute atomic E-state index is 0.193. The van der Waals surface area contributed by atoms with Gasteiger partial charge in [0.2, 0.25) is 0 Å². The fourth-order valence-electron chi connectivity index (χ4n) is 1.66. The van der Waals surface area contributed by atoms with E-state index in [1.54, 1.807) is 12.1 Å². The second-order valence-electron chi connectivity index (χ2n) is 4.31. The standard InChI is InChI=1S/C15H13BrClFN2O2/c16-10-2-1-3-12(8-10)20-15(21)19-6-7-22-14-5-4-11(18)9-13(14)17/h1-5,8-9H,6-7H2,(H2,19,20,21). The van der Waals surface area contributed by atoms with Crippen LogP contribution in [0.25, 0.3) is 0 Å². The Morgan fingerprint density at radius 3 is 2.82 bits per heavy atom. The normalized spacial score (nSPS) is 10.1. The number of hydrogen-bond acceptors (Lipinski definition) is 2. The van der Waals surface area contributed by atoms with Gasteiger partial charge < -0.3 is 15.4 Å². The van der Waals surface area contributed by atoms with Crippen LogP contribution in [0.1, 0.15) is 0 Å². The predicted molar refractivity (Wildman–Crippen MR) is 88.1 cm³/mol. The number of carbonyl (C=O) groups is 1. The highest BCUT2D eigenvalue weighted by atomic mass is 79.9. The van der Waals surface area contributed by atoms with Gasteiger partial charge in [-0.3, -0.25) is 0 Å². The molecule has 2 N–H and O–H groups in total. The summed E-state index contributed by atoms with van der Waals surface area (Å²) in [7, 11) is 0. The fourth-order valence-corrected chi connectivity index (χ4v) is 2.28. The lowest BCUT2D eigenvalue weighted by Gasteiger charge is -2.10. The van der Waals surface area contributed by atoms with E-state index in [2.05, 4.69) is 26.6 Å². The summed E-state index contributed by atoms with van der Waals surface area (Å²) >= 11 is 9.15. The summed E-state index contributed by atoms with van der Waals surface area (Å²) in [6.45, 7) is 0.505. The molecule has 0 radical (unpaired) electrons. The molecule has 0 aliphatic heterocycles. The van der Waals surface area contributed by atoms with Crippen LogP contribution in [-0.2, 0) is 0 Å². The summed E-state index contributed by atoms with van der Waals surface area (Å²) in [5.74, 6) is -0.0545. The first-order valence-electron chi connectivity index (χ1n) is 6.43. The Hall–Kier alpha value is -1.79.